The summed E-state index contributed by atoms with van der Waals surface area (Å²) in [6, 6.07) is 7.44. The smallest absolute Gasteiger partial charge is 0.123 e. The Morgan fingerprint density at radius 1 is 1.47 bits per heavy atom. The lowest BCUT2D eigenvalue weighted by atomic mass is 9.96. The van der Waals surface area contributed by atoms with Crippen LogP contribution < -0.4 is 5.32 Å². The standard InChI is InChI=1S/C14H20FNO/c1-10-9-17-7-6-14(10)16-11(2)12-4-3-5-13(15)8-12/h3-5,8,10-11,14,16H,6-7,9H2,1-2H3/t10?,11-,14?/m1/s1. The second-order valence-corrected chi connectivity index (χ2v) is 4.89. The number of benzene rings is 1. The normalized spacial score (nSPS) is 26.8. The molecule has 0 bridgehead atoms. The summed E-state index contributed by atoms with van der Waals surface area (Å²) in [4.78, 5) is 0. The van der Waals surface area contributed by atoms with E-state index in [1.807, 2.05) is 6.07 Å². The molecule has 3 heteroatoms. The molecule has 1 aliphatic rings. The number of ether oxygens (including phenoxy) is 1. The number of halogens is 1. The van der Waals surface area contributed by atoms with Gasteiger partial charge in [0.05, 0.1) is 6.61 Å². The summed E-state index contributed by atoms with van der Waals surface area (Å²) in [5.41, 5.74) is 1.00. The fourth-order valence-electron chi connectivity index (χ4n) is 2.32. The third kappa shape index (κ3) is 3.27. The molecule has 1 heterocycles. The van der Waals surface area contributed by atoms with Gasteiger partial charge in [-0.15, -0.1) is 0 Å². The summed E-state index contributed by atoms with van der Waals surface area (Å²) in [5, 5.41) is 3.57. The number of nitrogens with one attached hydrogen (secondary N) is 1. The molecule has 2 unspecified atom stereocenters. The summed E-state index contributed by atoms with van der Waals surface area (Å²) in [6.45, 7) is 5.90. The first-order valence-electron chi connectivity index (χ1n) is 6.26. The van der Waals surface area contributed by atoms with Gasteiger partial charge in [-0.1, -0.05) is 19.1 Å². The van der Waals surface area contributed by atoms with Gasteiger partial charge in [0, 0.05) is 18.7 Å². The molecule has 0 amide bonds. The zero-order valence-electron chi connectivity index (χ0n) is 10.4. The van der Waals surface area contributed by atoms with Gasteiger partial charge in [-0.2, -0.15) is 0 Å². The average Bonchev–Trinajstić information content (AvgIpc) is 2.32. The summed E-state index contributed by atoms with van der Waals surface area (Å²) < 4.78 is 18.6. The minimum Gasteiger partial charge on any atom is -0.381 e. The third-order valence-corrected chi connectivity index (χ3v) is 3.45. The maximum atomic E-state index is 13.1. The molecule has 2 nitrogen and oxygen atoms in total. The van der Waals surface area contributed by atoms with E-state index in [9.17, 15) is 4.39 Å². The predicted octanol–water partition coefficient (Wildman–Crippen LogP) is 2.90. The van der Waals surface area contributed by atoms with Gasteiger partial charge in [0.25, 0.3) is 0 Å². The lowest BCUT2D eigenvalue weighted by Crippen LogP contribution is -2.42. The van der Waals surface area contributed by atoms with Gasteiger partial charge in [-0.3, -0.25) is 0 Å². The van der Waals surface area contributed by atoms with Gasteiger partial charge < -0.3 is 10.1 Å². The Kier molecular flexibility index (Phi) is 4.13. The van der Waals surface area contributed by atoms with Gasteiger partial charge in [-0.05, 0) is 37.0 Å². The van der Waals surface area contributed by atoms with Crippen molar-refractivity contribution in [3.8, 4) is 0 Å². The Labute approximate surface area is 102 Å². The molecule has 3 atom stereocenters. The molecular weight excluding hydrogens is 217 g/mol. The van der Waals surface area contributed by atoms with E-state index in [1.54, 1.807) is 12.1 Å². The van der Waals surface area contributed by atoms with Crippen LogP contribution in [-0.4, -0.2) is 19.3 Å². The van der Waals surface area contributed by atoms with E-state index in [-0.39, 0.29) is 11.9 Å². The third-order valence-electron chi connectivity index (χ3n) is 3.45. The molecule has 94 valence electrons. The first-order chi connectivity index (χ1) is 8.16. The lowest BCUT2D eigenvalue weighted by Gasteiger charge is -2.32. The fourth-order valence-corrected chi connectivity index (χ4v) is 2.32. The molecule has 0 aliphatic carbocycles. The van der Waals surface area contributed by atoms with Gasteiger partial charge in [0.2, 0.25) is 0 Å². The lowest BCUT2D eigenvalue weighted by molar-refractivity contribution is 0.0363. The highest BCUT2D eigenvalue weighted by Crippen LogP contribution is 2.20. The van der Waals surface area contributed by atoms with E-state index in [4.69, 9.17) is 4.74 Å². The Balaban J connectivity index is 1.98. The topological polar surface area (TPSA) is 21.3 Å². The molecule has 1 saturated heterocycles. The van der Waals surface area contributed by atoms with Crippen LogP contribution >= 0.6 is 0 Å². The molecule has 1 aromatic rings. The van der Waals surface area contributed by atoms with Gasteiger partial charge in [-0.25, -0.2) is 4.39 Å². The highest BCUT2D eigenvalue weighted by Gasteiger charge is 2.23. The summed E-state index contributed by atoms with van der Waals surface area (Å²) >= 11 is 0. The molecule has 0 radical (unpaired) electrons. The van der Waals surface area contributed by atoms with Crippen molar-refractivity contribution >= 4 is 0 Å². The quantitative estimate of drug-likeness (QED) is 0.872. The maximum Gasteiger partial charge on any atom is 0.123 e. The number of hydrogen-bond donors (Lipinski definition) is 1. The number of hydrogen-bond acceptors (Lipinski definition) is 2. The van der Waals surface area contributed by atoms with Crippen LogP contribution in [0.5, 0.6) is 0 Å². The molecule has 0 spiro atoms. The molecule has 0 aromatic heterocycles. The molecule has 1 aliphatic heterocycles. The van der Waals surface area contributed by atoms with Crippen molar-refractivity contribution in [3.63, 3.8) is 0 Å². The maximum absolute atomic E-state index is 13.1. The van der Waals surface area contributed by atoms with Crippen LogP contribution in [0.3, 0.4) is 0 Å². The number of rotatable bonds is 3. The SMILES string of the molecule is CC1COCCC1N[C@H](C)c1cccc(F)c1. The molecule has 2 rings (SSSR count). The van der Waals surface area contributed by atoms with Gasteiger partial charge >= 0.3 is 0 Å². The second-order valence-electron chi connectivity index (χ2n) is 4.89. The monoisotopic (exact) mass is 237 g/mol. The molecule has 0 saturated carbocycles. The van der Waals surface area contributed by atoms with Crippen LogP contribution in [0.25, 0.3) is 0 Å². The fraction of sp³-hybridized carbons (Fsp3) is 0.571. The molecular formula is C14H20FNO. The Bertz CT molecular complexity index is 369. The van der Waals surface area contributed by atoms with Crippen LogP contribution in [0.1, 0.15) is 31.9 Å². The Hall–Kier alpha value is -0.930. The molecule has 17 heavy (non-hydrogen) atoms. The van der Waals surface area contributed by atoms with Crippen molar-refractivity contribution in [2.75, 3.05) is 13.2 Å². The highest BCUT2D eigenvalue weighted by molar-refractivity contribution is 5.19. The zero-order valence-corrected chi connectivity index (χ0v) is 10.4. The summed E-state index contributed by atoms with van der Waals surface area (Å²) in [7, 11) is 0. The summed E-state index contributed by atoms with van der Waals surface area (Å²) in [5.74, 6) is 0.343. The zero-order chi connectivity index (χ0) is 12.3. The second kappa shape index (κ2) is 5.61. The van der Waals surface area contributed by atoms with Crippen LogP contribution in [0.4, 0.5) is 4.39 Å². The predicted molar refractivity (Wildman–Crippen MR) is 66.3 cm³/mol. The van der Waals surface area contributed by atoms with Crippen LogP contribution in [0.15, 0.2) is 24.3 Å². The first-order valence-corrected chi connectivity index (χ1v) is 6.26. The van der Waals surface area contributed by atoms with E-state index < -0.39 is 0 Å². The van der Waals surface area contributed by atoms with Crippen molar-refractivity contribution in [2.24, 2.45) is 5.92 Å². The minimum absolute atomic E-state index is 0.170. The Morgan fingerprint density at radius 2 is 2.29 bits per heavy atom. The van der Waals surface area contributed by atoms with Gasteiger partial charge in [0.15, 0.2) is 0 Å². The van der Waals surface area contributed by atoms with Crippen LogP contribution in [0.2, 0.25) is 0 Å². The largest absolute Gasteiger partial charge is 0.381 e. The first kappa shape index (κ1) is 12.5. The van der Waals surface area contributed by atoms with E-state index in [1.165, 1.54) is 6.07 Å². The van der Waals surface area contributed by atoms with E-state index in [2.05, 4.69) is 19.2 Å². The molecule has 1 aromatic carbocycles. The van der Waals surface area contributed by atoms with Crippen molar-refractivity contribution in [1.29, 1.82) is 0 Å². The van der Waals surface area contributed by atoms with E-state index in [0.717, 1.165) is 25.2 Å². The summed E-state index contributed by atoms with van der Waals surface area (Å²) in [6.07, 6.45) is 1.03. The van der Waals surface area contributed by atoms with E-state index in [0.29, 0.717) is 12.0 Å². The van der Waals surface area contributed by atoms with Gasteiger partial charge in [0.1, 0.15) is 5.82 Å². The van der Waals surface area contributed by atoms with E-state index >= 15 is 0 Å². The van der Waals surface area contributed by atoms with Crippen molar-refractivity contribution in [2.45, 2.75) is 32.4 Å². The Morgan fingerprint density at radius 3 is 3.00 bits per heavy atom. The molecule has 1 N–H and O–H groups in total. The van der Waals surface area contributed by atoms with Crippen LogP contribution in [0, 0.1) is 11.7 Å². The van der Waals surface area contributed by atoms with Crippen molar-refractivity contribution < 1.29 is 9.13 Å². The van der Waals surface area contributed by atoms with Crippen molar-refractivity contribution in [3.05, 3.63) is 35.6 Å². The minimum atomic E-state index is -0.170. The average molecular weight is 237 g/mol. The van der Waals surface area contributed by atoms with Crippen molar-refractivity contribution in [1.82, 2.24) is 5.32 Å². The molecule has 1 fully saturated rings. The van der Waals surface area contributed by atoms with Crippen LogP contribution in [-0.2, 0) is 4.74 Å². The highest BCUT2D eigenvalue weighted by atomic mass is 19.1.